The second kappa shape index (κ2) is 7.19. The molecule has 0 rings (SSSR count). The highest BCUT2D eigenvalue weighted by atomic mass is 14.9. The maximum absolute atomic E-state index is 3.90. The monoisotopic (exact) mass is 191 g/mol. The molecule has 0 aliphatic carbocycles. The average Bonchev–Trinajstić information content (AvgIpc) is 2.13. The standard InChI is InChI=1S/C13H21N/c1-6-12(4)7-8-13(5)14-10-9-11(2)3/h6-9,14H,5,10H2,1-4H3/b8-7-,12-6-. The Hall–Kier alpha value is -1.24. The Bertz CT molecular complexity index is 263. The van der Waals surface area contributed by atoms with Gasteiger partial charge in [0.15, 0.2) is 0 Å². The number of hydrogen-bond acceptors (Lipinski definition) is 1. The summed E-state index contributed by atoms with van der Waals surface area (Å²) in [5.74, 6) is 0. The second-order valence-corrected chi connectivity index (χ2v) is 3.55. The maximum Gasteiger partial charge on any atom is 0.0333 e. The van der Waals surface area contributed by atoms with Crippen molar-refractivity contribution in [1.29, 1.82) is 0 Å². The third-order valence-corrected chi connectivity index (χ3v) is 1.84. The van der Waals surface area contributed by atoms with Crippen LogP contribution in [0.1, 0.15) is 27.7 Å². The van der Waals surface area contributed by atoms with Crippen molar-refractivity contribution in [1.82, 2.24) is 5.32 Å². The summed E-state index contributed by atoms with van der Waals surface area (Å²) in [5, 5.41) is 3.21. The molecule has 0 unspecified atom stereocenters. The molecule has 1 N–H and O–H groups in total. The zero-order chi connectivity index (χ0) is 11.0. The fraction of sp³-hybridized carbons (Fsp3) is 0.385. The Kier molecular flexibility index (Phi) is 6.55. The first-order valence-electron chi connectivity index (χ1n) is 4.93. The lowest BCUT2D eigenvalue weighted by atomic mass is 10.2. The molecule has 1 heteroatoms. The molecule has 0 atom stereocenters. The van der Waals surface area contributed by atoms with E-state index in [1.165, 1.54) is 11.1 Å². The lowest BCUT2D eigenvalue weighted by Crippen LogP contribution is -2.10. The molecular formula is C13H21N. The van der Waals surface area contributed by atoms with Gasteiger partial charge in [0.1, 0.15) is 0 Å². The molecule has 0 saturated carbocycles. The van der Waals surface area contributed by atoms with Crippen molar-refractivity contribution in [3.8, 4) is 0 Å². The van der Waals surface area contributed by atoms with Crippen LogP contribution in [-0.2, 0) is 0 Å². The predicted octanol–water partition coefficient (Wildman–Crippen LogP) is 3.58. The van der Waals surface area contributed by atoms with E-state index in [0.717, 1.165) is 12.2 Å². The molecule has 0 aliphatic rings. The van der Waals surface area contributed by atoms with Gasteiger partial charge in [-0.05, 0) is 33.8 Å². The van der Waals surface area contributed by atoms with E-state index in [1.54, 1.807) is 0 Å². The molecule has 0 radical (unpaired) electrons. The molecule has 0 saturated heterocycles. The van der Waals surface area contributed by atoms with E-state index in [4.69, 9.17) is 0 Å². The highest BCUT2D eigenvalue weighted by Crippen LogP contribution is 1.97. The minimum Gasteiger partial charge on any atom is -0.382 e. The molecule has 0 fully saturated rings. The zero-order valence-electron chi connectivity index (χ0n) is 9.72. The predicted molar refractivity (Wildman–Crippen MR) is 65.1 cm³/mol. The van der Waals surface area contributed by atoms with E-state index < -0.39 is 0 Å². The molecule has 0 bridgehead atoms. The normalized spacial score (nSPS) is 11.6. The quantitative estimate of drug-likeness (QED) is 0.517. The molecule has 1 nitrogen and oxygen atoms in total. The first-order chi connectivity index (χ1) is 6.56. The van der Waals surface area contributed by atoms with Gasteiger partial charge >= 0.3 is 0 Å². The number of hydrogen-bond donors (Lipinski definition) is 1. The smallest absolute Gasteiger partial charge is 0.0333 e. The van der Waals surface area contributed by atoms with Crippen LogP contribution in [0.2, 0.25) is 0 Å². The van der Waals surface area contributed by atoms with Gasteiger partial charge in [-0.1, -0.05) is 36.0 Å². The molecule has 0 aromatic rings. The van der Waals surface area contributed by atoms with Gasteiger partial charge in [-0.3, -0.25) is 0 Å². The molecule has 14 heavy (non-hydrogen) atoms. The summed E-state index contributed by atoms with van der Waals surface area (Å²) in [6, 6.07) is 0. The Labute approximate surface area is 87.9 Å². The first-order valence-corrected chi connectivity index (χ1v) is 4.93. The Balaban J connectivity index is 3.88. The van der Waals surface area contributed by atoms with Crippen molar-refractivity contribution in [2.75, 3.05) is 6.54 Å². The SMILES string of the molecule is C=C(/C=C\C(C)=C/C)NCC=C(C)C. The largest absolute Gasteiger partial charge is 0.382 e. The van der Waals surface area contributed by atoms with Gasteiger partial charge in [-0.25, -0.2) is 0 Å². The number of nitrogens with one attached hydrogen (secondary N) is 1. The van der Waals surface area contributed by atoms with Crippen LogP contribution in [0.4, 0.5) is 0 Å². The van der Waals surface area contributed by atoms with Gasteiger partial charge in [0.05, 0.1) is 0 Å². The Morgan fingerprint density at radius 3 is 2.36 bits per heavy atom. The van der Waals surface area contributed by atoms with Crippen molar-refractivity contribution in [2.45, 2.75) is 27.7 Å². The van der Waals surface area contributed by atoms with Crippen LogP contribution in [-0.4, -0.2) is 6.54 Å². The minimum atomic E-state index is 0.848. The van der Waals surface area contributed by atoms with Crippen LogP contribution in [0.15, 0.2) is 47.7 Å². The van der Waals surface area contributed by atoms with E-state index >= 15 is 0 Å². The topological polar surface area (TPSA) is 12.0 Å². The Morgan fingerprint density at radius 1 is 1.21 bits per heavy atom. The van der Waals surface area contributed by atoms with Crippen molar-refractivity contribution in [2.24, 2.45) is 0 Å². The zero-order valence-corrected chi connectivity index (χ0v) is 9.72. The van der Waals surface area contributed by atoms with E-state index in [1.807, 2.05) is 13.0 Å². The fourth-order valence-corrected chi connectivity index (χ4v) is 0.773. The average molecular weight is 191 g/mol. The summed E-state index contributed by atoms with van der Waals surface area (Å²) in [5.41, 5.74) is 3.51. The molecule has 0 aliphatic heterocycles. The molecule has 0 amide bonds. The molecular weight excluding hydrogens is 170 g/mol. The lowest BCUT2D eigenvalue weighted by molar-refractivity contribution is 0.932. The highest BCUT2D eigenvalue weighted by Gasteiger charge is 1.85. The summed E-state index contributed by atoms with van der Waals surface area (Å²) >= 11 is 0. The van der Waals surface area contributed by atoms with Gasteiger partial charge in [-0.15, -0.1) is 0 Å². The van der Waals surface area contributed by atoms with Crippen molar-refractivity contribution in [3.05, 3.63) is 47.7 Å². The van der Waals surface area contributed by atoms with Crippen molar-refractivity contribution >= 4 is 0 Å². The summed E-state index contributed by atoms with van der Waals surface area (Å²) in [7, 11) is 0. The first kappa shape index (κ1) is 12.8. The molecule has 0 spiro atoms. The Morgan fingerprint density at radius 2 is 1.86 bits per heavy atom. The summed E-state index contributed by atoms with van der Waals surface area (Å²) in [6.07, 6.45) is 8.26. The van der Waals surface area contributed by atoms with Crippen LogP contribution in [0, 0.1) is 0 Å². The molecule has 78 valence electrons. The number of allylic oxidation sites excluding steroid dienone is 5. The second-order valence-electron chi connectivity index (χ2n) is 3.55. The van der Waals surface area contributed by atoms with Crippen LogP contribution >= 0.6 is 0 Å². The van der Waals surface area contributed by atoms with Crippen molar-refractivity contribution < 1.29 is 0 Å². The van der Waals surface area contributed by atoms with Gasteiger partial charge in [0.2, 0.25) is 0 Å². The van der Waals surface area contributed by atoms with E-state index in [-0.39, 0.29) is 0 Å². The van der Waals surface area contributed by atoms with Crippen LogP contribution in [0.5, 0.6) is 0 Å². The minimum absolute atomic E-state index is 0.848. The van der Waals surface area contributed by atoms with E-state index in [9.17, 15) is 0 Å². The van der Waals surface area contributed by atoms with Gasteiger partial charge in [0.25, 0.3) is 0 Å². The van der Waals surface area contributed by atoms with Crippen molar-refractivity contribution in [3.63, 3.8) is 0 Å². The fourth-order valence-electron chi connectivity index (χ4n) is 0.773. The summed E-state index contributed by atoms with van der Waals surface area (Å²) < 4.78 is 0. The maximum atomic E-state index is 3.90. The van der Waals surface area contributed by atoms with Gasteiger partial charge in [-0.2, -0.15) is 0 Å². The summed E-state index contributed by atoms with van der Waals surface area (Å²) in [4.78, 5) is 0. The van der Waals surface area contributed by atoms with Gasteiger partial charge < -0.3 is 5.32 Å². The van der Waals surface area contributed by atoms with E-state index in [0.29, 0.717) is 0 Å². The third-order valence-electron chi connectivity index (χ3n) is 1.84. The summed E-state index contributed by atoms with van der Waals surface area (Å²) in [6.45, 7) is 13.0. The lowest BCUT2D eigenvalue weighted by Gasteiger charge is -2.02. The highest BCUT2D eigenvalue weighted by molar-refractivity contribution is 5.23. The third kappa shape index (κ3) is 7.41. The van der Waals surface area contributed by atoms with Crippen LogP contribution in [0.25, 0.3) is 0 Å². The molecule has 0 aromatic heterocycles. The van der Waals surface area contributed by atoms with Crippen LogP contribution < -0.4 is 5.32 Å². The van der Waals surface area contributed by atoms with Crippen LogP contribution in [0.3, 0.4) is 0 Å². The number of rotatable bonds is 5. The van der Waals surface area contributed by atoms with E-state index in [2.05, 4.69) is 50.9 Å². The molecule has 0 heterocycles. The molecule has 0 aromatic carbocycles. The van der Waals surface area contributed by atoms with Gasteiger partial charge in [0, 0.05) is 12.2 Å².